The molecule has 0 aromatic heterocycles. The van der Waals surface area contributed by atoms with E-state index in [2.05, 4.69) is 32.6 Å². The van der Waals surface area contributed by atoms with Gasteiger partial charge in [0.1, 0.15) is 0 Å². The Hall–Kier alpha value is -0.120. The minimum Gasteiger partial charge on any atom is -0.395 e. The number of hydrogen-bond acceptors (Lipinski definition) is 3. The highest BCUT2D eigenvalue weighted by Crippen LogP contribution is 2.25. The molecule has 3 nitrogen and oxygen atoms in total. The first-order valence-corrected chi connectivity index (χ1v) is 22.1. The third kappa shape index (κ3) is 35.5. The van der Waals surface area contributed by atoms with Gasteiger partial charge in [0.15, 0.2) is 0 Å². The van der Waals surface area contributed by atoms with Crippen molar-refractivity contribution in [1.82, 2.24) is 4.90 Å². The van der Waals surface area contributed by atoms with Crippen LogP contribution in [0.5, 0.6) is 0 Å². The van der Waals surface area contributed by atoms with E-state index in [1.165, 1.54) is 212 Å². The van der Waals surface area contributed by atoms with Crippen LogP contribution in [-0.4, -0.2) is 49.0 Å². The molecule has 0 spiro atoms. The summed E-state index contributed by atoms with van der Waals surface area (Å²) in [7, 11) is 0. The van der Waals surface area contributed by atoms with Crippen LogP contribution in [0, 0.1) is 5.92 Å². The van der Waals surface area contributed by atoms with Crippen LogP contribution in [0.4, 0.5) is 0 Å². The zero-order chi connectivity index (χ0) is 34.3. The van der Waals surface area contributed by atoms with Crippen molar-refractivity contribution >= 4 is 0 Å². The van der Waals surface area contributed by atoms with Gasteiger partial charge in [-0.15, -0.1) is 0 Å². The highest BCUT2D eigenvalue weighted by Gasteiger charge is 2.13. The van der Waals surface area contributed by atoms with Crippen LogP contribution < -0.4 is 0 Å². The fourth-order valence-corrected chi connectivity index (χ4v) is 7.44. The van der Waals surface area contributed by atoms with E-state index in [1.807, 2.05) is 0 Å². The topological polar surface area (TPSA) is 32.7 Å². The molecule has 0 saturated carbocycles. The second-order valence-corrected chi connectivity index (χ2v) is 15.4. The van der Waals surface area contributed by atoms with E-state index in [0.717, 1.165) is 32.2 Å². The van der Waals surface area contributed by atoms with E-state index in [1.54, 1.807) is 0 Å². The standard InChI is InChI=1S/C44H91NO2/c1-5-8-11-14-18-25-32-41-47-42-33-26-19-17-24-31-38-45(39-40-46)43(4)34-27-22-23-30-37-44(35-28-20-15-12-9-6-2)36-29-21-16-13-10-7-3/h43-44,46H,5-42H2,1-4H3. The van der Waals surface area contributed by atoms with Gasteiger partial charge in [0.05, 0.1) is 6.61 Å². The van der Waals surface area contributed by atoms with Gasteiger partial charge < -0.3 is 9.84 Å². The van der Waals surface area contributed by atoms with E-state index in [4.69, 9.17) is 4.74 Å². The van der Waals surface area contributed by atoms with Crippen LogP contribution in [0.25, 0.3) is 0 Å². The van der Waals surface area contributed by atoms with Crippen molar-refractivity contribution < 1.29 is 9.84 Å². The first-order chi connectivity index (χ1) is 23.2. The summed E-state index contributed by atoms with van der Waals surface area (Å²) in [4.78, 5) is 2.56. The molecule has 0 aliphatic rings. The molecule has 0 radical (unpaired) electrons. The maximum atomic E-state index is 9.69. The van der Waals surface area contributed by atoms with Crippen LogP contribution in [0.1, 0.15) is 240 Å². The molecular weight excluding hydrogens is 574 g/mol. The van der Waals surface area contributed by atoms with Crippen molar-refractivity contribution in [3.63, 3.8) is 0 Å². The van der Waals surface area contributed by atoms with Crippen LogP contribution in [-0.2, 0) is 4.74 Å². The molecule has 1 N–H and O–H groups in total. The van der Waals surface area contributed by atoms with Gasteiger partial charge in [-0.25, -0.2) is 0 Å². The molecule has 284 valence electrons. The number of ether oxygens (including phenoxy) is 1. The van der Waals surface area contributed by atoms with Gasteiger partial charge in [-0.1, -0.05) is 207 Å². The zero-order valence-electron chi connectivity index (χ0n) is 33.3. The largest absolute Gasteiger partial charge is 0.395 e. The molecule has 0 amide bonds. The zero-order valence-corrected chi connectivity index (χ0v) is 33.3. The number of aliphatic hydroxyl groups is 1. The summed E-state index contributed by atoms with van der Waals surface area (Å²) < 4.78 is 5.86. The van der Waals surface area contributed by atoms with Gasteiger partial charge in [-0.05, 0) is 45.1 Å². The Bertz CT molecular complexity index is 539. The lowest BCUT2D eigenvalue weighted by Crippen LogP contribution is -2.36. The molecule has 1 unspecified atom stereocenters. The van der Waals surface area contributed by atoms with Gasteiger partial charge >= 0.3 is 0 Å². The maximum absolute atomic E-state index is 9.69. The third-order valence-electron chi connectivity index (χ3n) is 10.8. The molecule has 47 heavy (non-hydrogen) atoms. The average molecular weight is 666 g/mol. The molecular formula is C44H91NO2. The summed E-state index contributed by atoms with van der Waals surface area (Å²) in [6, 6.07) is 0.601. The number of unbranched alkanes of at least 4 members (excludes halogenated alkanes) is 24. The summed E-state index contributed by atoms with van der Waals surface area (Å²) >= 11 is 0. The fourth-order valence-electron chi connectivity index (χ4n) is 7.44. The second-order valence-electron chi connectivity index (χ2n) is 15.4. The van der Waals surface area contributed by atoms with Crippen molar-refractivity contribution in [2.45, 2.75) is 246 Å². The van der Waals surface area contributed by atoms with Crippen molar-refractivity contribution in [3.8, 4) is 0 Å². The van der Waals surface area contributed by atoms with Gasteiger partial charge in [-0.2, -0.15) is 0 Å². The molecule has 3 heteroatoms. The SMILES string of the molecule is CCCCCCCCCOCCCCCCCCN(CCO)C(C)CCCCCCC(CCCCCCCC)CCCCCCCC. The Labute approximate surface area is 298 Å². The number of nitrogens with zero attached hydrogens (tertiary/aromatic N) is 1. The predicted molar refractivity (Wildman–Crippen MR) is 212 cm³/mol. The minimum absolute atomic E-state index is 0.293. The Morgan fingerprint density at radius 3 is 1.15 bits per heavy atom. The molecule has 0 heterocycles. The van der Waals surface area contributed by atoms with E-state index in [-0.39, 0.29) is 0 Å². The van der Waals surface area contributed by atoms with Crippen molar-refractivity contribution in [2.24, 2.45) is 5.92 Å². The number of rotatable bonds is 41. The van der Waals surface area contributed by atoms with Gasteiger partial charge in [0.25, 0.3) is 0 Å². The molecule has 0 bridgehead atoms. The lowest BCUT2D eigenvalue weighted by atomic mass is 9.89. The third-order valence-corrected chi connectivity index (χ3v) is 10.8. The molecule has 0 rings (SSSR count). The molecule has 0 saturated heterocycles. The van der Waals surface area contributed by atoms with Crippen molar-refractivity contribution in [3.05, 3.63) is 0 Å². The Balaban J connectivity index is 3.94. The molecule has 1 atom stereocenters. The normalized spacial score (nSPS) is 12.6. The number of aliphatic hydroxyl groups excluding tert-OH is 1. The molecule has 0 aliphatic carbocycles. The monoisotopic (exact) mass is 666 g/mol. The van der Waals surface area contributed by atoms with E-state index in [9.17, 15) is 5.11 Å². The first kappa shape index (κ1) is 46.9. The molecule has 0 fully saturated rings. The predicted octanol–water partition coefficient (Wildman–Crippen LogP) is 14.2. The van der Waals surface area contributed by atoms with E-state index >= 15 is 0 Å². The van der Waals surface area contributed by atoms with E-state index in [0.29, 0.717) is 12.6 Å². The van der Waals surface area contributed by atoms with E-state index < -0.39 is 0 Å². The quantitative estimate of drug-likeness (QED) is 0.0660. The van der Waals surface area contributed by atoms with Gasteiger partial charge in [-0.3, -0.25) is 4.90 Å². The van der Waals surface area contributed by atoms with Gasteiger partial charge in [0.2, 0.25) is 0 Å². The summed E-state index contributed by atoms with van der Waals surface area (Å²) in [5, 5.41) is 9.69. The Morgan fingerprint density at radius 2 is 0.745 bits per heavy atom. The Kier molecular flexibility index (Phi) is 40.2. The van der Waals surface area contributed by atoms with Crippen LogP contribution in [0.2, 0.25) is 0 Å². The molecule has 0 aliphatic heterocycles. The molecule has 0 aromatic carbocycles. The summed E-state index contributed by atoms with van der Waals surface area (Å²) in [5.41, 5.74) is 0. The second kappa shape index (κ2) is 40.3. The lowest BCUT2D eigenvalue weighted by Gasteiger charge is -2.28. The highest BCUT2D eigenvalue weighted by atomic mass is 16.5. The van der Waals surface area contributed by atoms with Gasteiger partial charge in [0, 0.05) is 25.8 Å². The average Bonchev–Trinajstić information content (AvgIpc) is 3.08. The highest BCUT2D eigenvalue weighted by molar-refractivity contribution is 4.68. The summed E-state index contributed by atoms with van der Waals surface area (Å²) in [6.45, 7) is 13.5. The van der Waals surface area contributed by atoms with Crippen LogP contribution in [0.3, 0.4) is 0 Å². The maximum Gasteiger partial charge on any atom is 0.0558 e. The Morgan fingerprint density at radius 1 is 0.404 bits per heavy atom. The smallest absolute Gasteiger partial charge is 0.0558 e. The fraction of sp³-hybridized carbons (Fsp3) is 1.00. The lowest BCUT2D eigenvalue weighted by molar-refractivity contribution is 0.125. The van der Waals surface area contributed by atoms with Crippen molar-refractivity contribution in [2.75, 3.05) is 32.9 Å². The van der Waals surface area contributed by atoms with Crippen LogP contribution >= 0.6 is 0 Å². The number of hydrogen-bond donors (Lipinski definition) is 1. The summed E-state index contributed by atoms with van der Waals surface area (Å²) in [6.07, 6.45) is 45.9. The first-order valence-electron chi connectivity index (χ1n) is 22.1. The molecule has 0 aromatic rings. The van der Waals surface area contributed by atoms with Crippen LogP contribution in [0.15, 0.2) is 0 Å². The summed E-state index contributed by atoms with van der Waals surface area (Å²) in [5.74, 6) is 0.986. The minimum atomic E-state index is 0.293. The van der Waals surface area contributed by atoms with Crippen molar-refractivity contribution in [1.29, 1.82) is 0 Å².